The molecule has 4 nitrogen and oxygen atoms in total. The van der Waals surface area contributed by atoms with Crippen LogP contribution in [0.2, 0.25) is 0 Å². The fourth-order valence-electron chi connectivity index (χ4n) is 27.0. The predicted molar refractivity (Wildman–Crippen MR) is 240 cm³/mol. The molecular weight excluding hydrogens is 771 g/mol. The van der Waals surface area contributed by atoms with Crippen molar-refractivity contribution in [2.24, 2.45) is 153 Å². The molecule has 1 aromatic rings. The summed E-state index contributed by atoms with van der Waals surface area (Å²) in [5, 5.41) is 0. The van der Waals surface area contributed by atoms with Gasteiger partial charge in [0.25, 0.3) is 0 Å². The van der Waals surface area contributed by atoms with E-state index >= 15 is 0 Å². The van der Waals surface area contributed by atoms with Crippen molar-refractivity contribution in [3.63, 3.8) is 0 Å². The number of ether oxygens (including phenoxy) is 3. The minimum absolute atomic E-state index is 0.0150. The molecule has 0 bridgehead atoms. The third kappa shape index (κ3) is 3.58. The Morgan fingerprint density at radius 2 is 1.43 bits per heavy atom. The van der Waals surface area contributed by atoms with Crippen LogP contribution in [0.25, 0.3) is 0 Å². The minimum atomic E-state index is 0.0150. The standard InChI is InChI=1S/C59H71NO3/c1-3-58(23-61-24-58)63-13-7-5-4-6-12-62-33-10-8-25(9-11-33)57-59-21-32-19-30-17-27-14-26-15-29-16-28-18-31-20-34(35(59)22-60(57)2)43-48-39(31)38(28)45-40(29)44-36(26)37(27)46-41(30)47-42(32)56(59)55(43)54-52(47)50(46)49(44)51(45)53(48)54/h8-11,15,26-28,30,32,35-38,40-42,44-57H,3-7,12-14,16-24H2,1-2H3. The molecule has 16 aliphatic carbocycles. The van der Waals surface area contributed by atoms with Crippen LogP contribution in [0.1, 0.15) is 95.6 Å². The summed E-state index contributed by atoms with van der Waals surface area (Å²) < 4.78 is 18.2. The van der Waals surface area contributed by atoms with Crippen molar-refractivity contribution in [3.05, 3.63) is 63.8 Å². The van der Waals surface area contributed by atoms with E-state index in [2.05, 4.69) is 77.1 Å². The number of hydrogen-bond acceptors (Lipinski definition) is 4. The van der Waals surface area contributed by atoms with Gasteiger partial charge in [-0.1, -0.05) is 59.4 Å². The summed E-state index contributed by atoms with van der Waals surface area (Å²) in [5.41, 5.74) is 12.8. The number of likely N-dealkylation sites (tertiary alicyclic amines) is 1. The highest BCUT2D eigenvalue weighted by atomic mass is 16.6. The van der Waals surface area contributed by atoms with Crippen molar-refractivity contribution in [2.45, 2.75) is 95.6 Å². The van der Waals surface area contributed by atoms with Crippen LogP contribution in [-0.4, -0.2) is 50.5 Å². The topological polar surface area (TPSA) is 30.9 Å². The lowest BCUT2D eigenvalue weighted by molar-refractivity contribution is -0.211. The Morgan fingerprint density at radius 3 is 2.27 bits per heavy atom. The summed E-state index contributed by atoms with van der Waals surface area (Å²) in [7, 11) is 2.60. The van der Waals surface area contributed by atoms with E-state index in [1.807, 2.05) is 0 Å². The average Bonchev–Trinajstić information content (AvgIpc) is 4.14. The monoisotopic (exact) mass is 842 g/mol. The third-order valence-corrected chi connectivity index (χ3v) is 26.8. The Kier molecular flexibility index (Phi) is 6.26. The van der Waals surface area contributed by atoms with Crippen molar-refractivity contribution in [1.29, 1.82) is 0 Å². The molecule has 0 radical (unpaired) electrons. The highest BCUT2D eigenvalue weighted by Crippen LogP contribution is 2.93. The molecule has 27 atom stereocenters. The second-order valence-corrected chi connectivity index (χ2v) is 27.4. The molecule has 18 aliphatic rings. The first kappa shape index (κ1) is 35.3. The summed E-state index contributed by atoms with van der Waals surface area (Å²) in [6, 6.07) is 10.5. The lowest BCUT2D eigenvalue weighted by Crippen LogP contribution is -2.59. The molecule has 330 valence electrons. The van der Waals surface area contributed by atoms with Gasteiger partial charge in [-0.25, -0.2) is 0 Å². The van der Waals surface area contributed by atoms with E-state index in [-0.39, 0.29) is 5.60 Å². The van der Waals surface area contributed by atoms with Gasteiger partial charge in [-0.05, 0) is 231 Å². The molecule has 63 heavy (non-hydrogen) atoms. The van der Waals surface area contributed by atoms with Gasteiger partial charge in [0.05, 0.1) is 19.8 Å². The smallest absolute Gasteiger partial charge is 0.119 e. The fourth-order valence-corrected chi connectivity index (χ4v) is 27.0. The van der Waals surface area contributed by atoms with Crippen molar-refractivity contribution in [3.8, 4) is 5.75 Å². The maximum Gasteiger partial charge on any atom is 0.119 e. The largest absolute Gasteiger partial charge is 0.494 e. The summed E-state index contributed by atoms with van der Waals surface area (Å²) >= 11 is 0. The molecule has 0 amide bonds. The number of rotatable bonds is 11. The number of unbranched alkanes of at least 4 members (excludes halogenated alkanes) is 3. The molecule has 4 heteroatoms. The van der Waals surface area contributed by atoms with Crippen molar-refractivity contribution in [2.75, 3.05) is 40.0 Å². The van der Waals surface area contributed by atoms with Gasteiger partial charge in [0.2, 0.25) is 0 Å². The number of nitrogens with zero attached hydrogens (tertiary/aromatic N) is 1. The van der Waals surface area contributed by atoms with E-state index in [0.29, 0.717) is 11.5 Å². The molecule has 1 aromatic carbocycles. The summed E-state index contributed by atoms with van der Waals surface area (Å²) in [4.78, 5) is 2.98. The Hall–Kier alpha value is -1.88. The summed E-state index contributed by atoms with van der Waals surface area (Å²) in [6.07, 6.45) is 19.8. The predicted octanol–water partition coefficient (Wildman–Crippen LogP) is 10.7. The first-order valence-electron chi connectivity index (χ1n) is 27.9. The molecule has 12 saturated carbocycles. The Morgan fingerprint density at radius 1 is 0.683 bits per heavy atom. The SMILES string of the molecule is CCC1(OCCCCCCOc2ccc(C3N(C)CC4C5=C6C7C8=C(C5)CC5CC9=CC%10CC%11CC%12CC%13CC43C3C6C4C7C6C(C85)C9C5C%10C%11C7C%12C(C4C7C56)C%133)cc2)COC1. The molecule has 2 saturated heterocycles. The van der Waals surface area contributed by atoms with Gasteiger partial charge in [0, 0.05) is 36.4 Å². The molecule has 1 spiro atoms. The minimum Gasteiger partial charge on any atom is -0.494 e. The normalized spacial score (nSPS) is 60.1. The summed E-state index contributed by atoms with van der Waals surface area (Å²) in [5.74, 6) is 27.1. The number of hydrogen-bond donors (Lipinski definition) is 0. The lowest BCUT2D eigenvalue weighted by atomic mass is 9.41. The van der Waals surface area contributed by atoms with Crippen molar-refractivity contribution in [1.82, 2.24) is 4.90 Å². The number of allylic oxidation sites excluding steroid dienone is 5. The average molecular weight is 842 g/mol. The van der Waals surface area contributed by atoms with E-state index in [9.17, 15) is 0 Å². The molecule has 0 N–H and O–H groups in total. The molecule has 27 unspecified atom stereocenters. The second kappa shape index (κ2) is 11.2. The second-order valence-electron chi connectivity index (χ2n) is 27.4. The molecule has 14 fully saturated rings. The highest BCUT2D eigenvalue weighted by Gasteiger charge is 2.88. The van der Waals surface area contributed by atoms with Gasteiger partial charge < -0.3 is 14.2 Å². The van der Waals surface area contributed by atoms with Crippen LogP contribution >= 0.6 is 0 Å². The Bertz CT molecular complexity index is 2380. The Balaban J connectivity index is 0.709. The number of benzene rings is 1. The third-order valence-electron chi connectivity index (χ3n) is 26.8. The summed E-state index contributed by atoms with van der Waals surface area (Å²) in [6.45, 7) is 6.80. The highest BCUT2D eigenvalue weighted by molar-refractivity contribution is 5.57. The van der Waals surface area contributed by atoms with Crippen molar-refractivity contribution >= 4 is 0 Å². The van der Waals surface area contributed by atoms with Crippen LogP contribution in [0.15, 0.2) is 58.2 Å². The maximum absolute atomic E-state index is 6.52. The quantitative estimate of drug-likeness (QED) is 0.164. The molecule has 19 rings (SSSR count). The fraction of sp³-hybridized carbons (Fsp3) is 0.797. The van der Waals surface area contributed by atoms with E-state index in [0.717, 1.165) is 199 Å². The van der Waals surface area contributed by atoms with Gasteiger partial charge in [-0.2, -0.15) is 0 Å². The Labute approximate surface area is 376 Å². The van der Waals surface area contributed by atoms with Gasteiger partial charge in [-0.3, -0.25) is 4.90 Å². The van der Waals surface area contributed by atoms with E-state index in [1.165, 1.54) is 38.6 Å². The van der Waals surface area contributed by atoms with Crippen LogP contribution < -0.4 is 4.74 Å². The van der Waals surface area contributed by atoms with Crippen LogP contribution in [0.4, 0.5) is 0 Å². The number of fused-ring (bicyclic) bond motifs is 1. The molecule has 2 aliphatic heterocycles. The van der Waals surface area contributed by atoms with Crippen LogP contribution in [0.5, 0.6) is 5.75 Å². The van der Waals surface area contributed by atoms with E-state index in [4.69, 9.17) is 14.2 Å². The maximum atomic E-state index is 6.52. The zero-order valence-electron chi connectivity index (χ0n) is 38.1. The van der Waals surface area contributed by atoms with E-state index < -0.39 is 0 Å². The van der Waals surface area contributed by atoms with Gasteiger partial charge in [-0.15, -0.1) is 0 Å². The molecular formula is C59H71NO3. The van der Waals surface area contributed by atoms with Gasteiger partial charge >= 0.3 is 0 Å². The first-order valence-corrected chi connectivity index (χ1v) is 27.9. The molecule has 0 aromatic heterocycles. The van der Waals surface area contributed by atoms with Crippen LogP contribution in [0.3, 0.4) is 0 Å². The zero-order valence-corrected chi connectivity index (χ0v) is 38.1. The van der Waals surface area contributed by atoms with Gasteiger partial charge in [0.15, 0.2) is 0 Å². The van der Waals surface area contributed by atoms with E-state index in [1.54, 1.807) is 31.2 Å². The molecule has 2 heterocycles. The zero-order chi connectivity index (χ0) is 40.3. The first-order chi connectivity index (χ1) is 31.1. The van der Waals surface area contributed by atoms with Crippen LogP contribution in [0, 0.1) is 153 Å². The van der Waals surface area contributed by atoms with Gasteiger partial charge in [0.1, 0.15) is 11.4 Å². The van der Waals surface area contributed by atoms with Crippen molar-refractivity contribution < 1.29 is 14.2 Å². The lowest BCUT2D eigenvalue weighted by Gasteiger charge is -2.62. The van der Waals surface area contributed by atoms with Crippen LogP contribution in [-0.2, 0) is 9.47 Å².